The average molecular weight is 266 g/mol. The Labute approximate surface area is 112 Å². The lowest BCUT2D eigenvalue weighted by molar-refractivity contribution is -0.119. The second-order valence-electron chi connectivity index (χ2n) is 5.08. The van der Waals surface area contributed by atoms with Crippen LogP contribution in [-0.2, 0) is 4.79 Å². The molecule has 1 saturated carbocycles. The maximum Gasteiger partial charge on any atom is 0.239 e. The molecule has 0 radical (unpaired) electrons. The maximum atomic E-state index is 13.9. The van der Waals surface area contributed by atoms with Gasteiger partial charge in [0.2, 0.25) is 5.91 Å². The van der Waals surface area contributed by atoms with Crippen molar-refractivity contribution in [3.8, 4) is 0 Å². The molecular weight excluding hydrogens is 247 g/mol. The summed E-state index contributed by atoms with van der Waals surface area (Å²) in [4.78, 5) is 13.2. The zero-order valence-electron chi connectivity index (χ0n) is 11.2. The Morgan fingerprint density at radius 3 is 2.79 bits per heavy atom. The van der Waals surface area contributed by atoms with Crippen molar-refractivity contribution in [2.75, 3.05) is 18.5 Å². The number of nitrogens with zero attached hydrogens (tertiary/aromatic N) is 1. The Kier molecular flexibility index (Phi) is 4.04. The predicted octanol–water partition coefficient (Wildman–Crippen LogP) is 1.59. The highest BCUT2D eigenvalue weighted by Crippen LogP contribution is 2.23. The van der Waals surface area contributed by atoms with Gasteiger partial charge in [-0.1, -0.05) is 6.07 Å². The van der Waals surface area contributed by atoms with Gasteiger partial charge in [-0.05, 0) is 37.5 Å². The molecule has 1 aromatic carbocycles. The van der Waals surface area contributed by atoms with E-state index < -0.39 is 11.9 Å². The molecule has 1 amide bonds. The second-order valence-corrected chi connectivity index (χ2v) is 5.08. The van der Waals surface area contributed by atoms with E-state index in [1.807, 2.05) is 0 Å². The quantitative estimate of drug-likeness (QED) is 0.851. The van der Waals surface area contributed by atoms with E-state index in [1.54, 1.807) is 31.0 Å². The summed E-state index contributed by atoms with van der Waals surface area (Å²) in [6.45, 7) is 1.71. The fourth-order valence-corrected chi connectivity index (χ4v) is 1.89. The van der Waals surface area contributed by atoms with Gasteiger partial charge in [-0.15, -0.1) is 0 Å². The highest BCUT2D eigenvalue weighted by atomic mass is 19.1. The van der Waals surface area contributed by atoms with Crippen molar-refractivity contribution in [1.82, 2.24) is 5.32 Å². The van der Waals surface area contributed by atoms with Crippen LogP contribution in [0, 0.1) is 5.82 Å². The summed E-state index contributed by atoms with van der Waals surface area (Å²) < 4.78 is 13.9. The second kappa shape index (κ2) is 5.57. The number of carbonyl (C=O) groups excluding carboxylic acids is 1. The number of likely N-dealkylation sites (N-methyl/N-ethyl adjacent to an activating group) is 1. The summed E-state index contributed by atoms with van der Waals surface area (Å²) >= 11 is 0. The van der Waals surface area contributed by atoms with Crippen molar-refractivity contribution in [2.24, 2.45) is 0 Å². The number of carbonyl (C=O) groups is 1. The summed E-state index contributed by atoms with van der Waals surface area (Å²) in [7, 11) is 1.67. The molecule has 0 aliphatic heterocycles. The Morgan fingerprint density at radius 2 is 2.26 bits per heavy atom. The van der Waals surface area contributed by atoms with E-state index >= 15 is 0 Å². The minimum Gasteiger partial charge on any atom is -0.389 e. The van der Waals surface area contributed by atoms with Crippen molar-refractivity contribution in [2.45, 2.75) is 31.9 Å². The molecule has 0 bridgehead atoms. The molecule has 104 valence electrons. The molecule has 19 heavy (non-hydrogen) atoms. The van der Waals surface area contributed by atoms with Crippen molar-refractivity contribution in [1.29, 1.82) is 0 Å². The zero-order chi connectivity index (χ0) is 14.0. The van der Waals surface area contributed by atoms with Gasteiger partial charge in [0.05, 0.1) is 18.3 Å². The molecule has 5 heteroatoms. The standard InChI is InChI=1S/C14H19FN2O2/c1-9(18)10-3-6-13(12(15)7-10)17(2)8-14(19)16-11-4-5-11/h3,6-7,9,11,18H,4-5,8H2,1-2H3,(H,16,19). The summed E-state index contributed by atoms with van der Waals surface area (Å²) in [5.41, 5.74) is 0.882. The first-order chi connectivity index (χ1) is 8.97. The molecule has 1 fully saturated rings. The lowest BCUT2D eigenvalue weighted by Crippen LogP contribution is -2.36. The van der Waals surface area contributed by atoms with Gasteiger partial charge in [0.15, 0.2) is 0 Å². The average Bonchev–Trinajstić information content (AvgIpc) is 3.12. The summed E-state index contributed by atoms with van der Waals surface area (Å²) in [6, 6.07) is 4.86. The SMILES string of the molecule is CC(O)c1ccc(N(C)CC(=O)NC2CC2)c(F)c1. The molecule has 0 saturated heterocycles. The van der Waals surface area contributed by atoms with Crippen LogP contribution < -0.4 is 10.2 Å². The van der Waals surface area contributed by atoms with Gasteiger partial charge in [-0.3, -0.25) is 4.79 Å². The molecule has 1 atom stereocenters. The Morgan fingerprint density at radius 1 is 1.58 bits per heavy atom. The van der Waals surface area contributed by atoms with E-state index in [-0.39, 0.29) is 12.5 Å². The molecule has 1 aromatic rings. The highest BCUT2D eigenvalue weighted by Gasteiger charge is 2.24. The van der Waals surface area contributed by atoms with Crippen LogP contribution in [0.1, 0.15) is 31.4 Å². The van der Waals surface area contributed by atoms with E-state index in [9.17, 15) is 14.3 Å². The minimum atomic E-state index is -0.702. The number of benzene rings is 1. The number of aliphatic hydroxyl groups is 1. The minimum absolute atomic E-state index is 0.0935. The summed E-state index contributed by atoms with van der Waals surface area (Å²) in [6.07, 6.45) is 1.37. The van der Waals surface area contributed by atoms with E-state index in [4.69, 9.17) is 0 Å². The molecule has 4 nitrogen and oxygen atoms in total. The van der Waals surface area contributed by atoms with Crippen LogP contribution in [0.4, 0.5) is 10.1 Å². The molecule has 1 aliphatic carbocycles. The largest absolute Gasteiger partial charge is 0.389 e. The van der Waals surface area contributed by atoms with Gasteiger partial charge in [-0.25, -0.2) is 4.39 Å². The molecule has 0 spiro atoms. The lowest BCUT2D eigenvalue weighted by atomic mass is 10.1. The van der Waals surface area contributed by atoms with Crippen molar-refractivity contribution in [3.05, 3.63) is 29.6 Å². The number of amides is 1. The van der Waals surface area contributed by atoms with Crippen LogP contribution in [0.15, 0.2) is 18.2 Å². The van der Waals surface area contributed by atoms with Crippen LogP contribution in [0.3, 0.4) is 0 Å². The molecule has 1 unspecified atom stereocenters. The fraction of sp³-hybridized carbons (Fsp3) is 0.500. The number of hydrogen-bond donors (Lipinski definition) is 2. The van der Waals surface area contributed by atoms with Crippen molar-refractivity contribution < 1.29 is 14.3 Å². The molecule has 0 heterocycles. The Balaban J connectivity index is 2.01. The number of nitrogens with one attached hydrogen (secondary N) is 1. The molecule has 2 rings (SSSR count). The van der Waals surface area contributed by atoms with Crippen LogP contribution in [0.5, 0.6) is 0 Å². The first-order valence-electron chi connectivity index (χ1n) is 6.45. The molecule has 2 N–H and O–H groups in total. The highest BCUT2D eigenvalue weighted by molar-refractivity contribution is 5.81. The van der Waals surface area contributed by atoms with Gasteiger partial charge in [0, 0.05) is 13.1 Å². The van der Waals surface area contributed by atoms with E-state index in [1.165, 1.54) is 6.07 Å². The Bertz CT molecular complexity index is 473. The number of halogens is 1. The van der Waals surface area contributed by atoms with Crippen molar-refractivity contribution in [3.63, 3.8) is 0 Å². The van der Waals surface area contributed by atoms with Crippen LogP contribution in [-0.4, -0.2) is 30.6 Å². The van der Waals surface area contributed by atoms with E-state index in [0.717, 1.165) is 12.8 Å². The summed E-state index contributed by atoms with van der Waals surface area (Å²) in [5.74, 6) is -0.524. The van der Waals surface area contributed by atoms with Crippen LogP contribution >= 0.6 is 0 Å². The van der Waals surface area contributed by atoms with Crippen molar-refractivity contribution >= 4 is 11.6 Å². The van der Waals surface area contributed by atoms with E-state index in [2.05, 4.69) is 5.32 Å². The first kappa shape index (κ1) is 13.8. The van der Waals surface area contributed by atoms with Gasteiger partial charge < -0.3 is 15.3 Å². The number of aliphatic hydroxyl groups excluding tert-OH is 1. The van der Waals surface area contributed by atoms with Gasteiger partial charge in [0.25, 0.3) is 0 Å². The molecular formula is C14H19FN2O2. The van der Waals surface area contributed by atoms with Gasteiger partial charge >= 0.3 is 0 Å². The third-order valence-corrected chi connectivity index (χ3v) is 3.19. The first-order valence-corrected chi connectivity index (χ1v) is 6.45. The van der Waals surface area contributed by atoms with Gasteiger partial charge in [-0.2, -0.15) is 0 Å². The topological polar surface area (TPSA) is 52.6 Å². The molecule has 0 aromatic heterocycles. The lowest BCUT2D eigenvalue weighted by Gasteiger charge is -2.20. The van der Waals surface area contributed by atoms with Gasteiger partial charge in [0.1, 0.15) is 5.82 Å². The third-order valence-electron chi connectivity index (χ3n) is 3.19. The number of hydrogen-bond acceptors (Lipinski definition) is 3. The Hall–Kier alpha value is -1.62. The maximum absolute atomic E-state index is 13.9. The monoisotopic (exact) mass is 266 g/mol. The van der Waals surface area contributed by atoms with Crippen LogP contribution in [0.25, 0.3) is 0 Å². The van der Waals surface area contributed by atoms with E-state index in [0.29, 0.717) is 17.3 Å². The summed E-state index contributed by atoms with van der Waals surface area (Å²) in [5, 5.41) is 12.2. The fourth-order valence-electron chi connectivity index (χ4n) is 1.89. The van der Waals surface area contributed by atoms with Crippen LogP contribution in [0.2, 0.25) is 0 Å². The zero-order valence-corrected chi connectivity index (χ0v) is 11.2. The predicted molar refractivity (Wildman–Crippen MR) is 71.5 cm³/mol. The molecule has 1 aliphatic rings. The smallest absolute Gasteiger partial charge is 0.239 e. The third kappa shape index (κ3) is 3.67. The number of rotatable bonds is 5. The normalized spacial score (nSPS) is 16.0. The number of anilines is 1.